The Balaban J connectivity index is 1.90. The maximum atomic E-state index is 5.78. The van der Waals surface area contributed by atoms with E-state index in [2.05, 4.69) is 34.3 Å². The van der Waals surface area contributed by atoms with E-state index in [4.69, 9.17) is 4.74 Å². The van der Waals surface area contributed by atoms with Crippen LogP contribution in [-0.4, -0.2) is 47.4 Å². The lowest BCUT2D eigenvalue weighted by molar-refractivity contribution is 0.0510. The molecule has 1 aromatic heterocycles. The highest BCUT2D eigenvalue weighted by Gasteiger charge is 2.18. The first-order valence-corrected chi connectivity index (χ1v) is 7.53. The highest BCUT2D eigenvalue weighted by molar-refractivity contribution is 7.15. The third-order valence-electron chi connectivity index (χ3n) is 3.04. The van der Waals surface area contributed by atoms with Crippen LogP contribution in [0.4, 0.5) is 5.13 Å². The van der Waals surface area contributed by atoms with Crippen molar-refractivity contribution >= 4 is 16.5 Å². The minimum Gasteiger partial charge on any atom is -0.377 e. The van der Waals surface area contributed by atoms with Gasteiger partial charge in [0.1, 0.15) is 5.01 Å². The summed E-state index contributed by atoms with van der Waals surface area (Å²) >= 11 is 1.65. The molecular formula is C12H22N4OS. The summed E-state index contributed by atoms with van der Waals surface area (Å²) in [7, 11) is 0. The van der Waals surface area contributed by atoms with Crippen molar-refractivity contribution in [1.29, 1.82) is 0 Å². The van der Waals surface area contributed by atoms with Crippen molar-refractivity contribution in [3.8, 4) is 0 Å². The van der Waals surface area contributed by atoms with E-state index in [1.165, 1.54) is 0 Å². The fourth-order valence-electron chi connectivity index (χ4n) is 2.09. The van der Waals surface area contributed by atoms with Gasteiger partial charge in [-0.15, -0.1) is 10.2 Å². The Hall–Kier alpha value is -0.720. The van der Waals surface area contributed by atoms with Crippen molar-refractivity contribution in [2.45, 2.75) is 39.3 Å². The fraction of sp³-hybridized carbons (Fsp3) is 0.833. The summed E-state index contributed by atoms with van der Waals surface area (Å²) in [5, 5.41) is 13.6. The van der Waals surface area contributed by atoms with Crippen molar-refractivity contribution in [2.24, 2.45) is 0 Å². The third-order valence-corrected chi connectivity index (χ3v) is 3.91. The second kappa shape index (κ2) is 7.01. The Morgan fingerprint density at radius 3 is 3.11 bits per heavy atom. The Morgan fingerprint density at radius 2 is 2.33 bits per heavy atom. The molecule has 18 heavy (non-hydrogen) atoms. The van der Waals surface area contributed by atoms with E-state index >= 15 is 0 Å². The van der Waals surface area contributed by atoms with E-state index in [0.29, 0.717) is 6.10 Å². The lowest BCUT2D eigenvalue weighted by atomic mass is 10.2. The number of nitrogens with one attached hydrogen (secondary N) is 1. The standard InChI is InChI=1S/C12H22N4OS/c1-3-10-8-16(6-5-7-17-10)9-11-14-15-12(18-11)13-4-2/h10H,3-9H2,1-2H3,(H,13,15). The first-order chi connectivity index (χ1) is 8.81. The van der Waals surface area contributed by atoms with Gasteiger partial charge in [-0.3, -0.25) is 4.90 Å². The number of rotatable bonds is 5. The maximum absolute atomic E-state index is 5.78. The zero-order valence-electron chi connectivity index (χ0n) is 11.2. The van der Waals surface area contributed by atoms with Crippen LogP contribution in [0.2, 0.25) is 0 Å². The summed E-state index contributed by atoms with van der Waals surface area (Å²) in [5.41, 5.74) is 0. The zero-order valence-corrected chi connectivity index (χ0v) is 12.0. The second-order valence-corrected chi connectivity index (χ2v) is 5.58. The molecule has 1 atom stereocenters. The minimum atomic E-state index is 0.369. The summed E-state index contributed by atoms with van der Waals surface area (Å²) in [5.74, 6) is 0. The van der Waals surface area contributed by atoms with Gasteiger partial charge in [0.2, 0.25) is 5.13 Å². The monoisotopic (exact) mass is 270 g/mol. The molecule has 2 heterocycles. The summed E-state index contributed by atoms with van der Waals surface area (Å²) in [4.78, 5) is 2.43. The number of ether oxygens (including phenoxy) is 1. The van der Waals surface area contributed by atoms with Crippen LogP contribution in [0.15, 0.2) is 0 Å². The molecule has 1 N–H and O–H groups in total. The van der Waals surface area contributed by atoms with Gasteiger partial charge in [0.15, 0.2) is 0 Å². The molecule has 0 saturated carbocycles. The van der Waals surface area contributed by atoms with Gasteiger partial charge in [-0.05, 0) is 19.8 Å². The highest BCUT2D eigenvalue weighted by atomic mass is 32.1. The molecule has 1 fully saturated rings. The average Bonchev–Trinajstić information content (AvgIpc) is 2.68. The molecule has 1 aliphatic rings. The Kier molecular flexibility index (Phi) is 5.34. The maximum Gasteiger partial charge on any atom is 0.205 e. The fourth-order valence-corrected chi connectivity index (χ4v) is 2.94. The van der Waals surface area contributed by atoms with E-state index in [-0.39, 0.29) is 0 Å². The van der Waals surface area contributed by atoms with E-state index in [0.717, 1.165) is 55.8 Å². The largest absolute Gasteiger partial charge is 0.377 e. The van der Waals surface area contributed by atoms with E-state index in [1.807, 2.05) is 0 Å². The van der Waals surface area contributed by atoms with Crippen LogP contribution in [-0.2, 0) is 11.3 Å². The van der Waals surface area contributed by atoms with Gasteiger partial charge in [0.05, 0.1) is 12.6 Å². The highest BCUT2D eigenvalue weighted by Crippen LogP contribution is 2.18. The summed E-state index contributed by atoms with van der Waals surface area (Å²) < 4.78 is 5.78. The smallest absolute Gasteiger partial charge is 0.205 e. The van der Waals surface area contributed by atoms with E-state index in [9.17, 15) is 0 Å². The lowest BCUT2D eigenvalue weighted by Gasteiger charge is -2.21. The number of anilines is 1. The van der Waals surface area contributed by atoms with Gasteiger partial charge < -0.3 is 10.1 Å². The molecule has 1 unspecified atom stereocenters. The Labute approximate surface area is 113 Å². The second-order valence-electron chi connectivity index (χ2n) is 4.52. The van der Waals surface area contributed by atoms with Crippen molar-refractivity contribution in [1.82, 2.24) is 15.1 Å². The van der Waals surface area contributed by atoms with Crippen LogP contribution in [0.25, 0.3) is 0 Å². The quantitative estimate of drug-likeness (QED) is 0.886. The van der Waals surface area contributed by atoms with Gasteiger partial charge in [-0.1, -0.05) is 18.3 Å². The third kappa shape index (κ3) is 3.90. The summed E-state index contributed by atoms with van der Waals surface area (Å²) in [6.07, 6.45) is 2.55. The number of aromatic nitrogens is 2. The van der Waals surface area contributed by atoms with Gasteiger partial charge in [0, 0.05) is 26.2 Å². The molecule has 0 radical (unpaired) electrons. The molecule has 0 bridgehead atoms. The molecule has 102 valence electrons. The van der Waals surface area contributed by atoms with Crippen LogP contribution in [0.5, 0.6) is 0 Å². The predicted octanol–water partition coefficient (Wildman–Crippen LogP) is 1.97. The molecular weight excluding hydrogens is 248 g/mol. The van der Waals surface area contributed by atoms with E-state index < -0.39 is 0 Å². The number of hydrogen-bond acceptors (Lipinski definition) is 6. The predicted molar refractivity (Wildman–Crippen MR) is 74.0 cm³/mol. The first-order valence-electron chi connectivity index (χ1n) is 6.72. The Bertz CT molecular complexity index is 358. The molecule has 6 heteroatoms. The van der Waals surface area contributed by atoms with Crippen LogP contribution >= 0.6 is 11.3 Å². The van der Waals surface area contributed by atoms with Gasteiger partial charge >= 0.3 is 0 Å². The molecule has 1 aromatic rings. The Morgan fingerprint density at radius 1 is 1.44 bits per heavy atom. The molecule has 0 aromatic carbocycles. The molecule has 1 aliphatic heterocycles. The van der Waals surface area contributed by atoms with Crippen molar-refractivity contribution in [2.75, 3.05) is 31.6 Å². The molecule has 2 rings (SSSR count). The molecule has 5 nitrogen and oxygen atoms in total. The van der Waals surface area contributed by atoms with Gasteiger partial charge in [-0.25, -0.2) is 0 Å². The van der Waals surface area contributed by atoms with Crippen molar-refractivity contribution < 1.29 is 4.74 Å². The summed E-state index contributed by atoms with van der Waals surface area (Å²) in [6, 6.07) is 0. The average molecular weight is 270 g/mol. The SMILES string of the molecule is CCNc1nnc(CN2CCCOC(CC)C2)s1. The van der Waals surface area contributed by atoms with Crippen LogP contribution in [0.1, 0.15) is 31.7 Å². The molecule has 1 saturated heterocycles. The lowest BCUT2D eigenvalue weighted by Crippen LogP contribution is -2.30. The normalized spacial score (nSPS) is 21.8. The number of hydrogen-bond donors (Lipinski definition) is 1. The zero-order chi connectivity index (χ0) is 12.8. The minimum absolute atomic E-state index is 0.369. The molecule has 0 aliphatic carbocycles. The van der Waals surface area contributed by atoms with E-state index in [1.54, 1.807) is 11.3 Å². The van der Waals surface area contributed by atoms with Crippen LogP contribution < -0.4 is 5.32 Å². The van der Waals surface area contributed by atoms with Crippen LogP contribution in [0, 0.1) is 0 Å². The summed E-state index contributed by atoms with van der Waals surface area (Å²) in [6.45, 7) is 9.02. The van der Waals surface area contributed by atoms with Gasteiger partial charge in [0.25, 0.3) is 0 Å². The topological polar surface area (TPSA) is 50.3 Å². The van der Waals surface area contributed by atoms with Crippen molar-refractivity contribution in [3.05, 3.63) is 5.01 Å². The molecule has 0 spiro atoms. The van der Waals surface area contributed by atoms with Crippen molar-refractivity contribution in [3.63, 3.8) is 0 Å². The number of nitrogens with zero attached hydrogens (tertiary/aromatic N) is 3. The van der Waals surface area contributed by atoms with Crippen LogP contribution in [0.3, 0.4) is 0 Å². The van der Waals surface area contributed by atoms with Gasteiger partial charge in [-0.2, -0.15) is 0 Å². The first kappa shape index (κ1) is 13.7. The molecule has 0 amide bonds.